The predicted molar refractivity (Wildman–Crippen MR) is 76.1 cm³/mol. The lowest BCUT2D eigenvalue weighted by Crippen LogP contribution is -2.07. The number of aromatic carboxylic acids is 1. The third-order valence-corrected chi connectivity index (χ3v) is 3.36. The Labute approximate surface area is 116 Å². The maximum Gasteiger partial charge on any atom is 0.337 e. The molecule has 2 N–H and O–H groups in total. The number of nitrogens with one attached hydrogen (secondary N) is 1. The van der Waals surface area contributed by atoms with Crippen LogP contribution in [0.1, 0.15) is 21.5 Å². The van der Waals surface area contributed by atoms with E-state index in [0.717, 1.165) is 18.8 Å². The zero-order valence-corrected chi connectivity index (χ0v) is 11.1. The van der Waals surface area contributed by atoms with Gasteiger partial charge in [-0.2, -0.15) is 0 Å². The first-order chi connectivity index (χ1) is 9.61. The third kappa shape index (κ3) is 2.48. The summed E-state index contributed by atoms with van der Waals surface area (Å²) in [4.78, 5) is 17.1. The van der Waals surface area contributed by atoms with Crippen molar-refractivity contribution >= 4 is 17.3 Å². The van der Waals surface area contributed by atoms with E-state index in [2.05, 4.69) is 34.4 Å². The molecule has 0 saturated heterocycles. The van der Waals surface area contributed by atoms with E-state index in [9.17, 15) is 4.79 Å². The number of carboxylic acids is 1. The lowest BCUT2D eigenvalue weighted by molar-refractivity contribution is 0.0696. The van der Waals surface area contributed by atoms with Crippen molar-refractivity contribution in [1.82, 2.24) is 9.88 Å². The number of nitrogens with zero attached hydrogens (tertiary/aromatic N) is 2. The maximum atomic E-state index is 10.9. The quantitative estimate of drug-likeness (QED) is 0.896. The van der Waals surface area contributed by atoms with Crippen molar-refractivity contribution in [2.24, 2.45) is 0 Å². The third-order valence-electron chi connectivity index (χ3n) is 3.36. The Hall–Kier alpha value is -2.40. The molecule has 0 unspecified atom stereocenters. The van der Waals surface area contributed by atoms with Crippen molar-refractivity contribution in [1.29, 1.82) is 0 Å². The normalized spacial score (nSPS) is 14.1. The number of hydrogen-bond donors (Lipinski definition) is 2. The van der Waals surface area contributed by atoms with Gasteiger partial charge in [-0.1, -0.05) is 6.07 Å². The van der Waals surface area contributed by atoms with E-state index in [0.29, 0.717) is 5.69 Å². The van der Waals surface area contributed by atoms with Crippen molar-refractivity contribution in [3.63, 3.8) is 0 Å². The molecule has 1 aromatic heterocycles. The lowest BCUT2D eigenvalue weighted by Gasteiger charge is -2.08. The van der Waals surface area contributed by atoms with E-state index >= 15 is 0 Å². The van der Waals surface area contributed by atoms with Gasteiger partial charge in [0.05, 0.1) is 17.4 Å². The van der Waals surface area contributed by atoms with Crippen LogP contribution >= 0.6 is 0 Å². The van der Waals surface area contributed by atoms with Gasteiger partial charge in [0.15, 0.2) is 0 Å². The van der Waals surface area contributed by atoms with Gasteiger partial charge in [-0.25, -0.2) is 4.79 Å². The molecular weight excluding hydrogens is 254 g/mol. The molecule has 0 saturated carbocycles. The summed E-state index contributed by atoms with van der Waals surface area (Å²) in [6.45, 7) is 1.92. The van der Waals surface area contributed by atoms with Gasteiger partial charge in [0.1, 0.15) is 0 Å². The number of anilines is 2. The Kier molecular flexibility index (Phi) is 3.12. The van der Waals surface area contributed by atoms with Crippen LogP contribution in [-0.2, 0) is 13.1 Å². The zero-order valence-electron chi connectivity index (χ0n) is 11.1. The smallest absolute Gasteiger partial charge is 0.337 e. The lowest BCUT2D eigenvalue weighted by atomic mass is 10.1. The molecule has 0 aliphatic carbocycles. The van der Waals surface area contributed by atoms with E-state index < -0.39 is 5.97 Å². The van der Waals surface area contributed by atoms with Crippen molar-refractivity contribution in [2.75, 3.05) is 12.4 Å². The highest BCUT2D eigenvalue weighted by atomic mass is 16.4. The number of benzene rings is 1. The van der Waals surface area contributed by atoms with Crippen LogP contribution in [0.15, 0.2) is 36.7 Å². The summed E-state index contributed by atoms with van der Waals surface area (Å²) in [6, 6.07) is 7.79. The van der Waals surface area contributed by atoms with E-state index in [4.69, 9.17) is 5.11 Å². The number of hydrogen-bond acceptors (Lipinski definition) is 4. The fraction of sp³-hybridized carbons (Fsp3) is 0.200. The van der Waals surface area contributed by atoms with Crippen LogP contribution in [0.2, 0.25) is 0 Å². The SMILES string of the molecule is CN1Cc2ccc(Nc3cncc(C(=O)O)c3)cc2C1. The molecular formula is C15H15N3O2. The molecule has 0 fully saturated rings. The molecule has 5 heteroatoms. The molecule has 0 atom stereocenters. The Morgan fingerprint density at radius 1 is 1.20 bits per heavy atom. The predicted octanol–water partition coefficient (Wildman–Crippen LogP) is 2.47. The van der Waals surface area contributed by atoms with Gasteiger partial charge in [-0.15, -0.1) is 0 Å². The van der Waals surface area contributed by atoms with Crippen LogP contribution in [0, 0.1) is 0 Å². The fourth-order valence-corrected chi connectivity index (χ4v) is 2.43. The van der Waals surface area contributed by atoms with Crippen molar-refractivity contribution < 1.29 is 9.90 Å². The highest BCUT2D eigenvalue weighted by Gasteiger charge is 2.15. The van der Waals surface area contributed by atoms with Gasteiger partial charge < -0.3 is 10.4 Å². The van der Waals surface area contributed by atoms with Crippen LogP contribution in [0.25, 0.3) is 0 Å². The number of carbonyl (C=O) groups is 1. The molecule has 1 aliphatic heterocycles. The van der Waals surface area contributed by atoms with Crippen LogP contribution < -0.4 is 5.32 Å². The van der Waals surface area contributed by atoms with Gasteiger partial charge >= 0.3 is 5.97 Å². The topological polar surface area (TPSA) is 65.5 Å². The molecule has 0 radical (unpaired) electrons. The van der Waals surface area contributed by atoms with Gasteiger partial charge in [-0.05, 0) is 36.4 Å². The van der Waals surface area contributed by atoms with E-state index in [1.807, 2.05) is 6.07 Å². The summed E-state index contributed by atoms with van der Waals surface area (Å²) in [6.07, 6.45) is 2.96. The minimum atomic E-state index is -0.975. The molecule has 3 rings (SSSR count). The van der Waals surface area contributed by atoms with Crippen molar-refractivity contribution in [2.45, 2.75) is 13.1 Å². The van der Waals surface area contributed by atoms with Crippen LogP contribution in [0.5, 0.6) is 0 Å². The first kappa shape index (κ1) is 12.6. The van der Waals surface area contributed by atoms with Gasteiger partial charge in [0.2, 0.25) is 0 Å². The zero-order chi connectivity index (χ0) is 14.1. The Morgan fingerprint density at radius 2 is 2.00 bits per heavy atom. The second-order valence-corrected chi connectivity index (χ2v) is 5.05. The standard InChI is InChI=1S/C15H15N3O2/c1-18-8-10-2-3-13(5-12(10)9-18)17-14-4-11(15(19)20)6-16-7-14/h2-7,17H,8-9H2,1H3,(H,19,20). The summed E-state index contributed by atoms with van der Waals surface area (Å²) in [5.41, 5.74) is 4.45. The molecule has 1 aromatic carbocycles. The molecule has 2 aromatic rings. The van der Waals surface area contributed by atoms with Gasteiger partial charge in [0, 0.05) is 25.0 Å². The number of aromatic nitrogens is 1. The van der Waals surface area contributed by atoms with Crippen LogP contribution in [0.3, 0.4) is 0 Å². The minimum absolute atomic E-state index is 0.177. The van der Waals surface area contributed by atoms with E-state index in [1.54, 1.807) is 12.3 Å². The second-order valence-electron chi connectivity index (χ2n) is 5.05. The number of rotatable bonds is 3. The average Bonchev–Trinajstić information content (AvgIpc) is 2.78. The summed E-state index contributed by atoms with van der Waals surface area (Å²) < 4.78 is 0. The van der Waals surface area contributed by atoms with Gasteiger partial charge in [0.25, 0.3) is 0 Å². The maximum absolute atomic E-state index is 10.9. The average molecular weight is 269 g/mol. The van der Waals surface area contributed by atoms with E-state index in [-0.39, 0.29) is 5.56 Å². The molecule has 2 heterocycles. The van der Waals surface area contributed by atoms with E-state index in [1.165, 1.54) is 17.3 Å². The fourth-order valence-electron chi connectivity index (χ4n) is 2.43. The molecule has 1 aliphatic rings. The summed E-state index contributed by atoms with van der Waals surface area (Å²) in [7, 11) is 2.09. The Balaban J connectivity index is 1.83. The summed E-state index contributed by atoms with van der Waals surface area (Å²) in [5.74, 6) is -0.975. The monoisotopic (exact) mass is 269 g/mol. The summed E-state index contributed by atoms with van der Waals surface area (Å²) >= 11 is 0. The number of carboxylic acid groups (broad SMARTS) is 1. The Bertz CT molecular complexity index is 670. The molecule has 102 valence electrons. The number of pyridine rings is 1. The van der Waals surface area contributed by atoms with Crippen molar-refractivity contribution in [3.8, 4) is 0 Å². The molecule has 5 nitrogen and oxygen atoms in total. The highest BCUT2D eigenvalue weighted by molar-refractivity contribution is 5.88. The first-order valence-electron chi connectivity index (χ1n) is 6.37. The first-order valence-corrected chi connectivity index (χ1v) is 6.37. The molecule has 20 heavy (non-hydrogen) atoms. The summed E-state index contributed by atoms with van der Waals surface area (Å²) in [5, 5.41) is 12.2. The minimum Gasteiger partial charge on any atom is -0.478 e. The molecule has 0 bridgehead atoms. The van der Waals surface area contributed by atoms with Crippen molar-refractivity contribution in [3.05, 3.63) is 53.3 Å². The Morgan fingerprint density at radius 3 is 2.80 bits per heavy atom. The van der Waals surface area contributed by atoms with Crippen LogP contribution in [-0.4, -0.2) is 28.0 Å². The largest absolute Gasteiger partial charge is 0.478 e. The van der Waals surface area contributed by atoms with Crippen LogP contribution in [0.4, 0.5) is 11.4 Å². The van der Waals surface area contributed by atoms with Gasteiger partial charge in [-0.3, -0.25) is 9.88 Å². The molecule has 0 spiro atoms. The molecule has 0 amide bonds. The number of fused-ring (bicyclic) bond motifs is 1. The highest BCUT2D eigenvalue weighted by Crippen LogP contribution is 2.26. The second kappa shape index (κ2) is 4.94.